The number of aryl methyl sites for hydroxylation is 1. The van der Waals surface area contributed by atoms with Crippen molar-refractivity contribution >= 4 is 41.9 Å². The SMILES string of the molecule is CCP(=O)(CC)CCNc1ccc2c(c1)[C@@H](N(C)C(=O)Cc1ccc(Cl)c(Cl)c1)[C@H](N1CCCC1)CC2. The molecule has 0 saturated carbocycles. The van der Waals surface area contributed by atoms with Crippen LogP contribution in [-0.4, -0.2) is 66.9 Å². The first-order valence-corrected chi connectivity index (χ1v) is 16.6. The lowest BCUT2D eigenvalue weighted by molar-refractivity contribution is -0.133. The van der Waals surface area contributed by atoms with E-state index in [1.807, 2.05) is 31.9 Å². The zero-order valence-corrected chi connectivity index (χ0v) is 24.7. The maximum absolute atomic E-state index is 13.6. The van der Waals surface area contributed by atoms with Gasteiger partial charge < -0.3 is 14.8 Å². The minimum atomic E-state index is -2.09. The van der Waals surface area contributed by atoms with Gasteiger partial charge in [0.15, 0.2) is 0 Å². The molecule has 1 saturated heterocycles. The summed E-state index contributed by atoms with van der Waals surface area (Å²) in [6.07, 6.45) is 6.99. The van der Waals surface area contributed by atoms with Crippen LogP contribution in [0.3, 0.4) is 0 Å². The third kappa shape index (κ3) is 6.74. The summed E-state index contributed by atoms with van der Waals surface area (Å²) in [4.78, 5) is 18.1. The molecule has 2 aromatic rings. The van der Waals surface area contributed by atoms with Gasteiger partial charge in [0.2, 0.25) is 5.91 Å². The first-order valence-electron chi connectivity index (χ1n) is 13.6. The van der Waals surface area contributed by atoms with Crippen LogP contribution in [0.4, 0.5) is 5.69 Å². The fourth-order valence-corrected chi connectivity index (χ4v) is 7.77. The van der Waals surface area contributed by atoms with Crippen molar-refractivity contribution in [3.8, 4) is 0 Å². The van der Waals surface area contributed by atoms with Gasteiger partial charge in [-0.25, -0.2) is 0 Å². The zero-order valence-electron chi connectivity index (χ0n) is 22.3. The number of halogens is 2. The number of amides is 1. The van der Waals surface area contributed by atoms with Gasteiger partial charge in [-0.15, -0.1) is 0 Å². The van der Waals surface area contributed by atoms with Crippen molar-refractivity contribution in [2.75, 3.05) is 50.5 Å². The van der Waals surface area contributed by atoms with Gasteiger partial charge in [0, 0.05) is 31.5 Å². The van der Waals surface area contributed by atoms with Crippen LogP contribution in [0.1, 0.15) is 55.8 Å². The molecule has 0 radical (unpaired) electrons. The number of carbonyl (C=O) groups is 1. The summed E-state index contributed by atoms with van der Waals surface area (Å²) in [6, 6.07) is 12.3. The van der Waals surface area contributed by atoms with Crippen LogP contribution < -0.4 is 5.32 Å². The molecule has 5 nitrogen and oxygen atoms in total. The Hall–Kier alpha value is -1.52. The number of likely N-dealkylation sites (tertiary alicyclic amines) is 1. The van der Waals surface area contributed by atoms with Crippen LogP contribution in [0.2, 0.25) is 10.0 Å². The van der Waals surface area contributed by atoms with Crippen LogP contribution in [0, 0.1) is 0 Å². The molecular formula is C29H40Cl2N3O2P. The number of nitrogens with one attached hydrogen (secondary N) is 1. The van der Waals surface area contributed by atoms with Crippen molar-refractivity contribution in [1.82, 2.24) is 9.80 Å². The first-order chi connectivity index (χ1) is 17.7. The Labute approximate surface area is 232 Å². The Bertz CT molecular complexity index is 1140. The Morgan fingerprint density at radius 3 is 2.49 bits per heavy atom. The second-order valence-corrected chi connectivity index (χ2v) is 15.1. The van der Waals surface area contributed by atoms with E-state index in [0.717, 1.165) is 49.5 Å². The number of anilines is 1. The molecule has 0 spiro atoms. The Kier molecular flexibility index (Phi) is 9.67. The largest absolute Gasteiger partial charge is 0.385 e. The predicted molar refractivity (Wildman–Crippen MR) is 157 cm³/mol. The third-order valence-electron chi connectivity index (χ3n) is 8.30. The van der Waals surface area contributed by atoms with Crippen LogP contribution in [0.15, 0.2) is 36.4 Å². The van der Waals surface area contributed by atoms with E-state index in [0.29, 0.717) is 28.8 Å². The lowest BCUT2D eigenvalue weighted by Gasteiger charge is -2.43. The fourth-order valence-electron chi connectivity index (χ4n) is 5.85. The summed E-state index contributed by atoms with van der Waals surface area (Å²) in [5.41, 5.74) is 4.45. The highest BCUT2D eigenvalue weighted by atomic mass is 35.5. The van der Waals surface area contributed by atoms with Gasteiger partial charge in [-0.1, -0.05) is 49.2 Å². The number of likely N-dealkylation sites (N-methyl/N-ethyl adjacent to an activating group) is 1. The van der Waals surface area contributed by atoms with E-state index in [9.17, 15) is 9.36 Å². The van der Waals surface area contributed by atoms with Crippen molar-refractivity contribution < 1.29 is 9.36 Å². The maximum Gasteiger partial charge on any atom is 0.227 e. The van der Waals surface area contributed by atoms with Gasteiger partial charge in [0.25, 0.3) is 0 Å². The third-order valence-corrected chi connectivity index (χ3v) is 12.4. The van der Waals surface area contributed by atoms with Gasteiger partial charge in [-0.05, 0) is 92.1 Å². The van der Waals surface area contributed by atoms with Gasteiger partial charge in [0.05, 0.1) is 29.6 Å². The molecule has 202 valence electrons. The van der Waals surface area contributed by atoms with E-state index in [1.54, 1.807) is 12.1 Å². The predicted octanol–water partition coefficient (Wildman–Crippen LogP) is 6.96. The number of fused-ring (bicyclic) bond motifs is 1. The average Bonchev–Trinajstić information content (AvgIpc) is 3.44. The van der Waals surface area contributed by atoms with Gasteiger partial charge in [-0.2, -0.15) is 0 Å². The molecule has 1 amide bonds. The van der Waals surface area contributed by atoms with Crippen molar-refractivity contribution in [2.24, 2.45) is 0 Å². The lowest BCUT2D eigenvalue weighted by atomic mass is 9.82. The highest BCUT2D eigenvalue weighted by molar-refractivity contribution is 7.63. The Balaban J connectivity index is 1.58. The van der Waals surface area contributed by atoms with E-state index in [2.05, 4.69) is 28.4 Å². The Morgan fingerprint density at radius 2 is 1.81 bits per heavy atom. The van der Waals surface area contributed by atoms with Crippen LogP contribution >= 0.6 is 30.3 Å². The molecule has 0 bridgehead atoms. The quantitative estimate of drug-likeness (QED) is 0.317. The second-order valence-electron chi connectivity index (χ2n) is 10.5. The summed E-state index contributed by atoms with van der Waals surface area (Å²) in [7, 11) is -0.140. The molecule has 2 atom stereocenters. The molecule has 37 heavy (non-hydrogen) atoms. The molecular weight excluding hydrogens is 524 g/mol. The minimum Gasteiger partial charge on any atom is -0.385 e. The molecule has 2 aliphatic rings. The molecule has 1 aliphatic heterocycles. The average molecular weight is 565 g/mol. The lowest BCUT2D eigenvalue weighted by Crippen LogP contribution is -2.48. The summed E-state index contributed by atoms with van der Waals surface area (Å²) in [6.45, 7) is 6.93. The number of hydrogen-bond donors (Lipinski definition) is 1. The van der Waals surface area contributed by atoms with Gasteiger partial charge >= 0.3 is 0 Å². The molecule has 1 heterocycles. The molecule has 0 unspecified atom stereocenters. The van der Waals surface area contributed by atoms with E-state index in [-0.39, 0.29) is 18.4 Å². The standard InChI is InChI=1S/C29H40Cl2N3O2P/c1-4-37(36,5-2)17-14-32-23-11-9-22-10-13-27(34-15-6-7-16-34)29(24(22)20-23)33(3)28(35)19-21-8-12-25(30)26(31)18-21/h8-9,11-12,18,20,27,29,32H,4-7,10,13-17,19H2,1-3H3/t27-,29-/m1/s1. The molecule has 2 aromatic carbocycles. The number of benzene rings is 2. The monoisotopic (exact) mass is 563 g/mol. The van der Waals surface area contributed by atoms with Crippen molar-refractivity contribution in [1.29, 1.82) is 0 Å². The van der Waals surface area contributed by atoms with E-state index in [1.165, 1.54) is 24.0 Å². The molecule has 1 aliphatic carbocycles. The maximum atomic E-state index is 13.6. The van der Waals surface area contributed by atoms with Crippen LogP contribution in [-0.2, 0) is 22.2 Å². The van der Waals surface area contributed by atoms with Gasteiger partial charge in [-0.3, -0.25) is 9.69 Å². The van der Waals surface area contributed by atoms with Gasteiger partial charge in [0.1, 0.15) is 0 Å². The number of hydrogen-bond acceptors (Lipinski definition) is 4. The normalized spacial score (nSPS) is 20.0. The number of nitrogens with zero attached hydrogens (tertiary/aromatic N) is 2. The zero-order chi connectivity index (χ0) is 26.6. The summed E-state index contributed by atoms with van der Waals surface area (Å²) < 4.78 is 12.9. The van der Waals surface area contributed by atoms with Crippen LogP contribution in [0.25, 0.3) is 0 Å². The summed E-state index contributed by atoms with van der Waals surface area (Å²) >= 11 is 12.3. The number of rotatable bonds is 10. The molecule has 8 heteroatoms. The van der Waals surface area contributed by atoms with Crippen molar-refractivity contribution in [2.45, 2.75) is 58.0 Å². The molecule has 1 fully saturated rings. The number of carbonyl (C=O) groups excluding carboxylic acids is 1. The summed E-state index contributed by atoms with van der Waals surface area (Å²) in [5, 5.41) is 4.49. The molecule has 4 rings (SSSR count). The highest BCUT2D eigenvalue weighted by Gasteiger charge is 2.38. The fraction of sp³-hybridized carbons (Fsp3) is 0.552. The van der Waals surface area contributed by atoms with E-state index >= 15 is 0 Å². The first kappa shape index (κ1) is 28.5. The summed E-state index contributed by atoms with van der Waals surface area (Å²) in [5.74, 6) is 0.0747. The van der Waals surface area contributed by atoms with Crippen molar-refractivity contribution in [3.05, 3.63) is 63.1 Å². The van der Waals surface area contributed by atoms with E-state index < -0.39 is 7.14 Å². The Morgan fingerprint density at radius 1 is 1.08 bits per heavy atom. The molecule has 0 aromatic heterocycles. The van der Waals surface area contributed by atoms with E-state index in [4.69, 9.17) is 23.2 Å². The van der Waals surface area contributed by atoms with Crippen LogP contribution in [0.5, 0.6) is 0 Å². The minimum absolute atomic E-state index is 0.0174. The smallest absolute Gasteiger partial charge is 0.227 e. The molecule has 1 N–H and O–H groups in total. The second kappa shape index (κ2) is 12.6. The topological polar surface area (TPSA) is 52.7 Å². The highest BCUT2D eigenvalue weighted by Crippen LogP contribution is 2.44. The van der Waals surface area contributed by atoms with Crippen molar-refractivity contribution in [3.63, 3.8) is 0 Å².